The largest absolute Gasteiger partial charge is 0.397 e. The molecule has 0 aliphatic heterocycles. The van der Waals surface area contributed by atoms with Crippen molar-refractivity contribution in [2.24, 2.45) is 0 Å². The van der Waals surface area contributed by atoms with Crippen LogP contribution in [0.15, 0.2) is 35.7 Å². The molecule has 0 saturated heterocycles. The Morgan fingerprint density at radius 1 is 1.38 bits per heavy atom. The summed E-state index contributed by atoms with van der Waals surface area (Å²) in [5.74, 6) is -0.0799. The van der Waals surface area contributed by atoms with E-state index < -0.39 is 0 Å². The van der Waals surface area contributed by atoms with E-state index in [2.05, 4.69) is 5.32 Å². The van der Waals surface area contributed by atoms with E-state index in [4.69, 9.17) is 22.1 Å². The number of thiophene rings is 1. The minimum atomic E-state index is -0.0799. The highest BCUT2D eigenvalue weighted by Gasteiger charge is 2.05. The van der Waals surface area contributed by atoms with Crippen LogP contribution in [0.25, 0.3) is 0 Å². The summed E-state index contributed by atoms with van der Waals surface area (Å²) in [5.41, 5.74) is 6.83. The van der Waals surface area contributed by atoms with Gasteiger partial charge in [-0.25, -0.2) is 0 Å². The Kier molecular flexibility index (Phi) is 6.04. The predicted octanol–water partition coefficient (Wildman–Crippen LogP) is 3.92. The number of carbonyl (C=O) groups excluding carboxylic acids is 1. The normalized spacial score (nSPS) is 10.5. The summed E-state index contributed by atoms with van der Waals surface area (Å²) in [4.78, 5) is 13.0. The first-order valence-electron chi connectivity index (χ1n) is 6.60. The van der Waals surface area contributed by atoms with Crippen molar-refractivity contribution in [3.8, 4) is 0 Å². The number of nitrogens with two attached hydrogens (primary N) is 1. The van der Waals surface area contributed by atoms with Crippen LogP contribution in [0.1, 0.15) is 17.7 Å². The standard InChI is InChI=1S/C15H17ClN2O2S/c16-11-5-6-14(13(17)9-11)18-15(19)4-1-7-20-10-12-3-2-8-21-12/h2-3,5-6,8-9H,1,4,7,10,17H2,(H,18,19). The molecule has 0 radical (unpaired) electrons. The first kappa shape index (κ1) is 15.8. The molecule has 1 aromatic heterocycles. The average molecular weight is 325 g/mol. The van der Waals surface area contributed by atoms with Crippen molar-refractivity contribution in [2.45, 2.75) is 19.4 Å². The minimum Gasteiger partial charge on any atom is -0.397 e. The molecule has 0 spiro atoms. The summed E-state index contributed by atoms with van der Waals surface area (Å²) in [7, 11) is 0. The second-order valence-electron chi connectivity index (χ2n) is 4.52. The van der Waals surface area contributed by atoms with Crippen molar-refractivity contribution >= 4 is 40.2 Å². The number of hydrogen-bond donors (Lipinski definition) is 2. The molecule has 0 aliphatic rings. The number of rotatable bonds is 7. The van der Waals surface area contributed by atoms with E-state index in [1.165, 1.54) is 4.88 Å². The van der Waals surface area contributed by atoms with E-state index in [-0.39, 0.29) is 5.91 Å². The van der Waals surface area contributed by atoms with Crippen LogP contribution >= 0.6 is 22.9 Å². The average Bonchev–Trinajstić information content (AvgIpc) is 2.95. The maximum absolute atomic E-state index is 11.8. The molecule has 1 heterocycles. The van der Waals surface area contributed by atoms with Crippen LogP contribution in [0.3, 0.4) is 0 Å². The van der Waals surface area contributed by atoms with Crippen LogP contribution in [-0.2, 0) is 16.1 Å². The molecule has 112 valence electrons. The summed E-state index contributed by atoms with van der Waals surface area (Å²) in [6, 6.07) is 9.02. The van der Waals surface area contributed by atoms with E-state index in [0.717, 1.165) is 0 Å². The molecule has 0 saturated carbocycles. The van der Waals surface area contributed by atoms with Crippen molar-refractivity contribution in [3.05, 3.63) is 45.6 Å². The molecule has 6 heteroatoms. The Bertz CT molecular complexity index is 587. The van der Waals surface area contributed by atoms with E-state index in [0.29, 0.717) is 42.5 Å². The molecule has 0 atom stereocenters. The van der Waals surface area contributed by atoms with Crippen LogP contribution in [0, 0.1) is 0 Å². The van der Waals surface area contributed by atoms with Gasteiger partial charge in [0.1, 0.15) is 0 Å². The van der Waals surface area contributed by atoms with Crippen LogP contribution in [0.5, 0.6) is 0 Å². The molecular weight excluding hydrogens is 308 g/mol. The van der Waals surface area contributed by atoms with E-state index in [9.17, 15) is 4.79 Å². The highest BCUT2D eigenvalue weighted by atomic mass is 35.5. The molecule has 0 aliphatic carbocycles. The number of hydrogen-bond acceptors (Lipinski definition) is 4. The third kappa shape index (κ3) is 5.38. The van der Waals surface area contributed by atoms with Crippen LogP contribution in [0.2, 0.25) is 5.02 Å². The van der Waals surface area contributed by atoms with Crippen molar-refractivity contribution in [2.75, 3.05) is 17.7 Å². The van der Waals surface area contributed by atoms with Gasteiger partial charge >= 0.3 is 0 Å². The van der Waals surface area contributed by atoms with E-state index in [1.54, 1.807) is 29.5 Å². The lowest BCUT2D eigenvalue weighted by molar-refractivity contribution is -0.116. The number of nitrogens with one attached hydrogen (secondary N) is 1. The lowest BCUT2D eigenvalue weighted by atomic mass is 10.2. The van der Waals surface area contributed by atoms with Crippen LogP contribution in [0.4, 0.5) is 11.4 Å². The monoisotopic (exact) mass is 324 g/mol. The Hall–Kier alpha value is -1.56. The lowest BCUT2D eigenvalue weighted by Gasteiger charge is -2.08. The number of anilines is 2. The lowest BCUT2D eigenvalue weighted by Crippen LogP contribution is -2.13. The highest BCUT2D eigenvalue weighted by Crippen LogP contribution is 2.22. The van der Waals surface area contributed by atoms with Crippen molar-refractivity contribution < 1.29 is 9.53 Å². The predicted molar refractivity (Wildman–Crippen MR) is 87.7 cm³/mol. The summed E-state index contributed by atoms with van der Waals surface area (Å²) in [6.07, 6.45) is 1.07. The first-order valence-corrected chi connectivity index (χ1v) is 7.86. The molecule has 2 aromatic rings. The second kappa shape index (κ2) is 8.02. The SMILES string of the molecule is Nc1cc(Cl)ccc1NC(=O)CCCOCc1cccs1. The van der Waals surface area contributed by atoms with Crippen LogP contribution in [-0.4, -0.2) is 12.5 Å². The maximum Gasteiger partial charge on any atom is 0.224 e. The van der Waals surface area contributed by atoms with Crippen molar-refractivity contribution in [1.82, 2.24) is 0 Å². The van der Waals surface area contributed by atoms with Crippen LogP contribution < -0.4 is 11.1 Å². The summed E-state index contributed by atoms with van der Waals surface area (Å²) < 4.78 is 5.51. The molecular formula is C15H17ClN2O2S. The zero-order valence-corrected chi connectivity index (χ0v) is 13.0. The van der Waals surface area contributed by atoms with Gasteiger partial charge in [0, 0.05) is 22.9 Å². The maximum atomic E-state index is 11.8. The Morgan fingerprint density at radius 2 is 2.24 bits per heavy atom. The Labute approximate surface area is 132 Å². The summed E-state index contributed by atoms with van der Waals surface area (Å²) >= 11 is 7.47. The molecule has 21 heavy (non-hydrogen) atoms. The highest BCUT2D eigenvalue weighted by molar-refractivity contribution is 7.09. The third-order valence-corrected chi connectivity index (χ3v) is 3.89. The van der Waals surface area contributed by atoms with Gasteiger partial charge in [-0.2, -0.15) is 0 Å². The fourth-order valence-electron chi connectivity index (χ4n) is 1.76. The summed E-state index contributed by atoms with van der Waals surface area (Å²) in [5, 5.41) is 5.33. The third-order valence-electron chi connectivity index (χ3n) is 2.80. The molecule has 1 amide bonds. The summed E-state index contributed by atoms with van der Waals surface area (Å²) in [6.45, 7) is 1.16. The number of carbonyl (C=O) groups is 1. The van der Waals surface area contributed by atoms with Gasteiger partial charge in [-0.05, 0) is 36.1 Å². The zero-order valence-electron chi connectivity index (χ0n) is 11.5. The van der Waals surface area contributed by atoms with Gasteiger partial charge in [0.25, 0.3) is 0 Å². The Morgan fingerprint density at radius 3 is 2.95 bits per heavy atom. The van der Waals surface area contributed by atoms with Gasteiger partial charge in [-0.1, -0.05) is 17.7 Å². The van der Waals surface area contributed by atoms with Gasteiger partial charge < -0.3 is 15.8 Å². The van der Waals surface area contributed by atoms with Gasteiger partial charge in [-0.3, -0.25) is 4.79 Å². The fraction of sp³-hybridized carbons (Fsp3) is 0.267. The van der Waals surface area contributed by atoms with Gasteiger partial charge in [0.15, 0.2) is 0 Å². The zero-order chi connectivity index (χ0) is 15.1. The Balaban J connectivity index is 1.65. The van der Waals surface area contributed by atoms with Crippen molar-refractivity contribution in [1.29, 1.82) is 0 Å². The molecule has 3 N–H and O–H groups in total. The first-order chi connectivity index (χ1) is 10.1. The van der Waals surface area contributed by atoms with Gasteiger partial charge in [-0.15, -0.1) is 11.3 Å². The van der Waals surface area contributed by atoms with E-state index >= 15 is 0 Å². The van der Waals surface area contributed by atoms with Crippen molar-refractivity contribution in [3.63, 3.8) is 0 Å². The molecule has 4 nitrogen and oxygen atoms in total. The minimum absolute atomic E-state index is 0.0799. The van der Waals surface area contributed by atoms with Gasteiger partial charge in [0.2, 0.25) is 5.91 Å². The van der Waals surface area contributed by atoms with Gasteiger partial charge in [0.05, 0.1) is 18.0 Å². The number of amides is 1. The number of halogens is 1. The van der Waals surface area contributed by atoms with E-state index in [1.807, 2.05) is 17.5 Å². The molecule has 2 rings (SSSR count). The molecule has 0 fully saturated rings. The smallest absolute Gasteiger partial charge is 0.224 e. The molecule has 0 bridgehead atoms. The fourth-order valence-corrected chi connectivity index (χ4v) is 2.58. The second-order valence-corrected chi connectivity index (χ2v) is 5.98. The quantitative estimate of drug-likeness (QED) is 0.599. The number of ether oxygens (including phenoxy) is 1. The topological polar surface area (TPSA) is 64.3 Å². The molecule has 1 aromatic carbocycles. The molecule has 0 unspecified atom stereocenters. The number of benzene rings is 1. The number of nitrogen functional groups attached to an aromatic ring is 1.